The number of nitro groups is 1. The Balaban J connectivity index is 1.19. The molecule has 0 unspecified atom stereocenters. The molecule has 2 bridgehead atoms. The van der Waals surface area contributed by atoms with Crippen LogP contribution in [0.3, 0.4) is 0 Å². The van der Waals surface area contributed by atoms with Crippen LogP contribution >= 0.6 is 0 Å². The number of non-ortho nitro benzene ring substituents is 1. The van der Waals surface area contributed by atoms with Crippen molar-refractivity contribution in [3.63, 3.8) is 0 Å². The van der Waals surface area contributed by atoms with Gasteiger partial charge in [-0.05, 0) is 81.1 Å². The van der Waals surface area contributed by atoms with Gasteiger partial charge in [-0.1, -0.05) is 12.5 Å². The lowest BCUT2D eigenvalue weighted by Crippen LogP contribution is -2.61. The number of hydrogen-bond acceptors (Lipinski definition) is 6. The number of nitrogens with one attached hydrogen (secondary N) is 1. The molecule has 0 spiro atoms. The molecule has 2 aromatic rings. The number of hydrogen-bond donors (Lipinski definition) is 1. The second kappa shape index (κ2) is 9.77. The Morgan fingerprint density at radius 3 is 2.82 bits per heavy atom. The summed E-state index contributed by atoms with van der Waals surface area (Å²) in [6.07, 6.45) is 7.54. The summed E-state index contributed by atoms with van der Waals surface area (Å²) in [4.78, 5) is 43.0. The molecule has 6 atom stereocenters. The molecule has 0 aliphatic carbocycles. The fraction of sp³-hybridized carbons (Fsp3) is 0.600. The fourth-order valence-corrected chi connectivity index (χ4v) is 8.63. The highest BCUT2D eigenvalue weighted by Gasteiger charge is 2.49. The maximum atomic E-state index is 14.0. The third-order valence-corrected chi connectivity index (χ3v) is 10.3. The van der Waals surface area contributed by atoms with Crippen molar-refractivity contribution in [2.24, 2.45) is 17.8 Å². The average Bonchev–Trinajstić information content (AvgIpc) is 2.95. The van der Waals surface area contributed by atoms with Crippen molar-refractivity contribution in [1.82, 2.24) is 14.8 Å². The predicted octanol–water partition coefficient (Wildman–Crippen LogP) is 3.30. The first kappa shape index (κ1) is 24.8. The predicted molar refractivity (Wildman–Crippen MR) is 148 cm³/mol. The van der Waals surface area contributed by atoms with Crippen molar-refractivity contribution in [1.29, 1.82) is 0 Å². The molecule has 1 N–H and O–H groups in total. The monoisotopic (exact) mass is 531 g/mol. The normalized spacial score (nSPS) is 31.3. The second-order valence-electron chi connectivity index (χ2n) is 12.4. The Labute approximate surface area is 228 Å². The zero-order valence-electron chi connectivity index (χ0n) is 22.3. The summed E-state index contributed by atoms with van der Waals surface area (Å²) in [6.45, 7) is 4.36. The molecule has 1 amide bonds. The molecular weight excluding hydrogens is 494 g/mol. The van der Waals surface area contributed by atoms with E-state index in [1.807, 2.05) is 22.8 Å². The van der Waals surface area contributed by atoms with Gasteiger partial charge in [-0.2, -0.15) is 0 Å². The maximum absolute atomic E-state index is 14.0. The maximum Gasteiger partial charge on any atom is 0.269 e. The number of aromatic nitrogens is 1. The zero-order chi connectivity index (χ0) is 26.7. The summed E-state index contributed by atoms with van der Waals surface area (Å²) in [5.41, 5.74) is 3.03. The lowest BCUT2D eigenvalue weighted by atomic mass is 9.70. The summed E-state index contributed by atoms with van der Waals surface area (Å²) in [7, 11) is 0. The van der Waals surface area contributed by atoms with E-state index in [4.69, 9.17) is 0 Å². The van der Waals surface area contributed by atoms with Crippen LogP contribution in [0.25, 0.3) is 0 Å². The van der Waals surface area contributed by atoms with Crippen molar-refractivity contribution in [3.8, 4) is 0 Å². The highest BCUT2D eigenvalue weighted by Crippen LogP contribution is 2.47. The minimum absolute atomic E-state index is 0.0258. The van der Waals surface area contributed by atoms with E-state index >= 15 is 0 Å². The highest BCUT2D eigenvalue weighted by atomic mass is 16.6. The number of amides is 1. The quantitative estimate of drug-likeness (QED) is 0.480. The Morgan fingerprint density at radius 1 is 1.08 bits per heavy atom. The van der Waals surface area contributed by atoms with Crippen molar-refractivity contribution in [2.45, 2.75) is 69.5 Å². The van der Waals surface area contributed by atoms with Gasteiger partial charge >= 0.3 is 0 Å². The summed E-state index contributed by atoms with van der Waals surface area (Å²) in [5.74, 6) is 0.585. The van der Waals surface area contributed by atoms with Gasteiger partial charge in [-0.25, -0.2) is 0 Å². The minimum atomic E-state index is -0.353. The van der Waals surface area contributed by atoms with Gasteiger partial charge in [0, 0.05) is 67.2 Å². The number of nitro benzene ring substituents is 1. The third kappa shape index (κ3) is 4.26. The smallest absolute Gasteiger partial charge is 0.269 e. The Morgan fingerprint density at radius 2 is 1.95 bits per heavy atom. The number of carbonyl (C=O) groups is 1. The fourth-order valence-electron chi connectivity index (χ4n) is 8.63. The van der Waals surface area contributed by atoms with E-state index in [-0.39, 0.29) is 45.9 Å². The first-order valence-corrected chi connectivity index (χ1v) is 14.7. The van der Waals surface area contributed by atoms with Gasteiger partial charge in [0.1, 0.15) is 0 Å². The lowest BCUT2D eigenvalue weighted by molar-refractivity contribution is -0.384. The Kier molecular flexibility index (Phi) is 6.21. The largest absolute Gasteiger partial charge is 0.366 e. The van der Waals surface area contributed by atoms with Crippen LogP contribution in [0, 0.1) is 27.9 Å². The molecule has 39 heavy (non-hydrogen) atoms. The topological polar surface area (TPSA) is 101 Å². The van der Waals surface area contributed by atoms with Crippen LogP contribution in [-0.4, -0.2) is 58.6 Å². The summed E-state index contributed by atoms with van der Waals surface area (Å²) in [5, 5.41) is 14.9. The van der Waals surface area contributed by atoms with E-state index in [1.54, 1.807) is 18.2 Å². The standard InChI is InChI=1S/C30H37N5O4/c36-28-8-3-7-26-21-13-22(18-33(26)28)29-24(15-20-14-23(35(38)39)9-10-27(20)34(29)17-21)30(37)31-16-19-5-4-12-32-11-2-1-6-25(19)32/h3,7-10,14,19,21-22,24-25,29H,1-2,4-6,11-13,15-18H2,(H,31,37)/t19-,21-,22-,24+,25+,29-/m0/s1. The van der Waals surface area contributed by atoms with Gasteiger partial charge in [0.25, 0.3) is 11.2 Å². The van der Waals surface area contributed by atoms with Crippen LogP contribution in [0.1, 0.15) is 55.7 Å². The van der Waals surface area contributed by atoms with E-state index in [9.17, 15) is 19.7 Å². The SMILES string of the molecule is O=C(NC[C@@H]1CCCN2CCCC[C@H]12)[C@@H]1Cc2cc([N+](=O)[O-])ccc2N2C[C@@H]3C[C@@H](Cn4c3cccc4=O)[C@@H]12. The molecule has 0 radical (unpaired) electrons. The van der Waals surface area contributed by atoms with Crippen LogP contribution < -0.4 is 15.8 Å². The molecule has 5 aliphatic rings. The van der Waals surface area contributed by atoms with E-state index in [0.29, 0.717) is 38.0 Å². The van der Waals surface area contributed by atoms with Gasteiger partial charge in [0.15, 0.2) is 0 Å². The summed E-state index contributed by atoms with van der Waals surface area (Å²) < 4.78 is 1.91. The molecular formula is C30H37N5O4. The molecule has 3 saturated heterocycles. The van der Waals surface area contributed by atoms with Gasteiger partial charge in [-0.15, -0.1) is 0 Å². The third-order valence-electron chi connectivity index (χ3n) is 10.3. The Hall–Kier alpha value is -3.20. The minimum Gasteiger partial charge on any atom is -0.366 e. The van der Waals surface area contributed by atoms with Gasteiger partial charge in [-0.3, -0.25) is 19.7 Å². The first-order chi connectivity index (χ1) is 19.0. The molecule has 206 valence electrons. The summed E-state index contributed by atoms with van der Waals surface area (Å²) >= 11 is 0. The van der Waals surface area contributed by atoms with E-state index in [2.05, 4.69) is 15.1 Å². The number of piperidine rings is 3. The van der Waals surface area contributed by atoms with Gasteiger partial charge in [0.2, 0.25) is 5.91 Å². The number of fused-ring (bicyclic) bond motifs is 9. The number of anilines is 1. The molecule has 6 heterocycles. The molecule has 7 rings (SSSR count). The van der Waals surface area contributed by atoms with Gasteiger partial charge < -0.3 is 19.7 Å². The molecule has 1 aromatic heterocycles. The molecule has 3 fully saturated rings. The van der Waals surface area contributed by atoms with E-state index < -0.39 is 0 Å². The van der Waals surface area contributed by atoms with Crippen LogP contribution in [-0.2, 0) is 17.8 Å². The molecule has 1 aromatic carbocycles. The van der Waals surface area contributed by atoms with Crippen LogP contribution in [0.4, 0.5) is 11.4 Å². The van der Waals surface area contributed by atoms with Crippen LogP contribution in [0.15, 0.2) is 41.2 Å². The van der Waals surface area contributed by atoms with Crippen molar-refractivity contribution in [3.05, 3.63) is 68.1 Å². The first-order valence-electron chi connectivity index (χ1n) is 14.7. The molecule has 0 saturated carbocycles. The van der Waals surface area contributed by atoms with E-state index in [0.717, 1.165) is 29.8 Å². The summed E-state index contributed by atoms with van der Waals surface area (Å²) in [6, 6.07) is 11.2. The number of benzene rings is 1. The number of pyridine rings is 1. The second-order valence-corrected chi connectivity index (χ2v) is 12.4. The lowest BCUT2D eigenvalue weighted by Gasteiger charge is -2.54. The molecule has 9 nitrogen and oxygen atoms in total. The number of nitrogens with zero attached hydrogens (tertiary/aromatic N) is 4. The highest BCUT2D eigenvalue weighted by molar-refractivity contribution is 5.82. The van der Waals surface area contributed by atoms with Gasteiger partial charge in [0.05, 0.1) is 10.8 Å². The number of rotatable bonds is 4. The molecule has 5 aliphatic heterocycles. The van der Waals surface area contributed by atoms with Crippen molar-refractivity contribution in [2.75, 3.05) is 31.1 Å². The Bertz CT molecular complexity index is 1360. The number of carbonyl (C=O) groups excluding carboxylic acids is 1. The average molecular weight is 532 g/mol. The van der Waals surface area contributed by atoms with Crippen LogP contribution in [0.2, 0.25) is 0 Å². The zero-order valence-corrected chi connectivity index (χ0v) is 22.3. The van der Waals surface area contributed by atoms with Crippen molar-refractivity contribution < 1.29 is 9.72 Å². The molecule has 9 heteroatoms. The van der Waals surface area contributed by atoms with Crippen molar-refractivity contribution >= 4 is 17.3 Å². The van der Waals surface area contributed by atoms with Crippen LogP contribution in [0.5, 0.6) is 0 Å². The van der Waals surface area contributed by atoms with E-state index in [1.165, 1.54) is 38.8 Å².